The molecule has 2 atom stereocenters. The van der Waals surface area contributed by atoms with E-state index in [-0.39, 0.29) is 11.9 Å². The largest absolute Gasteiger partial charge is 0.383 e. The Bertz CT molecular complexity index is 272. The van der Waals surface area contributed by atoms with Gasteiger partial charge in [0.05, 0.1) is 12.6 Å². The molecular formula is C10H15NO2Si. The van der Waals surface area contributed by atoms with Crippen molar-refractivity contribution >= 4 is 14.9 Å². The Kier molecular flexibility index (Phi) is 4.13. The lowest BCUT2D eigenvalue weighted by Crippen LogP contribution is -2.36. The number of amides is 1. The highest BCUT2D eigenvalue weighted by Crippen LogP contribution is 2.25. The van der Waals surface area contributed by atoms with Crippen molar-refractivity contribution in [3.05, 3.63) is 12.7 Å². The summed E-state index contributed by atoms with van der Waals surface area (Å²) in [6.07, 6.45) is 2.30. The van der Waals surface area contributed by atoms with Gasteiger partial charge in [0.25, 0.3) is 0 Å². The molecular weight excluding hydrogens is 194 g/mol. The van der Waals surface area contributed by atoms with Crippen molar-refractivity contribution in [3.8, 4) is 6.00 Å². The lowest BCUT2D eigenvalue weighted by molar-refractivity contribution is -0.127. The van der Waals surface area contributed by atoms with Crippen LogP contribution >= 0.6 is 0 Å². The first-order chi connectivity index (χ1) is 6.72. The van der Waals surface area contributed by atoms with Gasteiger partial charge < -0.3 is 9.64 Å². The highest BCUT2D eigenvalue weighted by Gasteiger charge is 2.32. The van der Waals surface area contributed by atoms with Crippen molar-refractivity contribution in [3.63, 3.8) is 0 Å². The van der Waals surface area contributed by atoms with Gasteiger partial charge in [0.15, 0.2) is 0 Å². The van der Waals surface area contributed by atoms with Crippen molar-refractivity contribution in [2.75, 3.05) is 20.3 Å². The van der Waals surface area contributed by atoms with Crippen LogP contribution in [0.4, 0.5) is 0 Å². The summed E-state index contributed by atoms with van der Waals surface area (Å²) in [5.41, 5.74) is 0.430. The molecule has 0 spiro atoms. The van der Waals surface area contributed by atoms with Gasteiger partial charge in [0, 0.05) is 19.2 Å². The molecule has 0 N–H and O–H groups in total. The van der Waals surface area contributed by atoms with E-state index < -0.39 is 0 Å². The Balaban J connectivity index is 2.67. The van der Waals surface area contributed by atoms with E-state index in [0.29, 0.717) is 21.1 Å². The van der Waals surface area contributed by atoms with E-state index in [0.717, 1.165) is 13.0 Å². The first-order valence-electron chi connectivity index (χ1n) is 4.61. The van der Waals surface area contributed by atoms with E-state index in [1.807, 2.05) is 0 Å². The van der Waals surface area contributed by atoms with Crippen LogP contribution in [0.15, 0.2) is 12.7 Å². The fraction of sp³-hybridized carbons (Fsp3) is 0.600. The lowest BCUT2D eigenvalue weighted by atomic mass is 10.2. The van der Waals surface area contributed by atoms with E-state index in [1.165, 1.54) is 6.08 Å². The predicted octanol–water partition coefficient (Wildman–Crippen LogP) is 0.501. The Labute approximate surface area is 86.8 Å². The zero-order valence-electron chi connectivity index (χ0n) is 8.40. The molecule has 4 heteroatoms. The van der Waals surface area contributed by atoms with E-state index in [1.54, 1.807) is 12.0 Å². The minimum atomic E-state index is -0.0206. The minimum absolute atomic E-state index is 0.0206. The van der Waals surface area contributed by atoms with Crippen LogP contribution in [0.25, 0.3) is 0 Å². The van der Waals surface area contributed by atoms with Crippen LogP contribution in [0.2, 0.25) is 5.54 Å². The molecule has 1 aliphatic rings. The summed E-state index contributed by atoms with van der Waals surface area (Å²) in [6, 6.07) is 5.79. The van der Waals surface area contributed by atoms with Gasteiger partial charge >= 0.3 is 0 Å². The number of hydrogen-bond donors (Lipinski definition) is 0. The summed E-state index contributed by atoms with van der Waals surface area (Å²) in [5.74, 6) is -0.0206. The molecule has 1 fully saturated rings. The molecule has 1 unspecified atom stereocenters. The maximum Gasteiger partial charge on any atom is 0.246 e. The molecule has 0 bridgehead atoms. The minimum Gasteiger partial charge on any atom is -0.383 e. The Hall–Kier alpha value is -0.833. The van der Waals surface area contributed by atoms with Gasteiger partial charge in [-0.25, -0.2) is 0 Å². The fourth-order valence-electron chi connectivity index (χ4n) is 1.78. The first kappa shape index (κ1) is 11.2. The molecule has 3 nitrogen and oxygen atoms in total. The Morgan fingerprint density at radius 2 is 2.57 bits per heavy atom. The topological polar surface area (TPSA) is 29.5 Å². The maximum absolute atomic E-state index is 11.5. The number of rotatable bonds is 3. The lowest BCUT2D eigenvalue weighted by Gasteiger charge is -2.22. The normalized spacial score (nSPS) is 25.9. The van der Waals surface area contributed by atoms with Crippen molar-refractivity contribution < 1.29 is 9.53 Å². The number of likely N-dealkylation sites (tertiary alicyclic amines) is 1. The second-order valence-electron chi connectivity index (χ2n) is 3.40. The zero-order valence-corrected chi connectivity index (χ0v) is 9.40. The van der Waals surface area contributed by atoms with Gasteiger partial charge in [-0.3, -0.25) is 4.79 Å². The second-order valence-corrected chi connectivity index (χ2v) is 4.55. The number of carbonyl (C=O) groups is 1. The van der Waals surface area contributed by atoms with Crippen molar-refractivity contribution in [1.29, 1.82) is 0 Å². The molecule has 0 saturated carbocycles. The van der Waals surface area contributed by atoms with Gasteiger partial charge in [0.1, 0.15) is 0 Å². The van der Waals surface area contributed by atoms with Gasteiger partial charge in [-0.2, -0.15) is 6.00 Å². The molecule has 0 radical (unpaired) electrons. The third-order valence-electron chi connectivity index (χ3n) is 2.47. The van der Waals surface area contributed by atoms with Crippen LogP contribution in [0.5, 0.6) is 0 Å². The van der Waals surface area contributed by atoms with E-state index in [4.69, 9.17) is 10.7 Å². The zero-order chi connectivity index (χ0) is 10.6. The second kappa shape index (κ2) is 5.15. The van der Waals surface area contributed by atoms with Crippen molar-refractivity contribution in [2.24, 2.45) is 0 Å². The summed E-state index contributed by atoms with van der Waals surface area (Å²) in [6.45, 7) is 4.82. The summed E-state index contributed by atoms with van der Waals surface area (Å²) in [7, 11) is 2.05. The van der Waals surface area contributed by atoms with E-state index in [9.17, 15) is 4.79 Å². The third-order valence-corrected chi connectivity index (χ3v) is 3.36. The highest BCUT2D eigenvalue weighted by molar-refractivity contribution is 6.24. The van der Waals surface area contributed by atoms with Crippen LogP contribution in [-0.2, 0) is 9.53 Å². The fourth-order valence-corrected chi connectivity index (χ4v) is 2.49. The van der Waals surface area contributed by atoms with Crippen LogP contribution < -0.4 is 0 Å². The number of nitrogens with zero attached hydrogens (tertiary/aromatic N) is 1. The van der Waals surface area contributed by atoms with E-state index in [2.05, 4.69) is 6.58 Å². The molecule has 1 saturated heterocycles. The molecule has 0 aromatic carbocycles. The SMILES string of the molecule is C#[Si]C1C[C@H](COC)N(C(=O)C=C)C1. The third kappa shape index (κ3) is 2.35. The van der Waals surface area contributed by atoms with Crippen LogP contribution in [0, 0.1) is 6.00 Å². The Morgan fingerprint density at radius 3 is 3.07 bits per heavy atom. The molecule has 76 valence electrons. The smallest absolute Gasteiger partial charge is 0.246 e. The molecule has 0 aromatic rings. The predicted molar refractivity (Wildman–Crippen MR) is 56.6 cm³/mol. The van der Waals surface area contributed by atoms with Crippen LogP contribution in [0.1, 0.15) is 6.42 Å². The summed E-state index contributed by atoms with van der Waals surface area (Å²) in [5, 5.41) is 0. The Morgan fingerprint density at radius 1 is 1.86 bits per heavy atom. The molecule has 1 aliphatic heterocycles. The van der Waals surface area contributed by atoms with Gasteiger partial charge in [-0.05, 0) is 21.5 Å². The highest BCUT2D eigenvalue weighted by atomic mass is 28.2. The monoisotopic (exact) mass is 209 g/mol. The van der Waals surface area contributed by atoms with Crippen molar-refractivity contribution in [1.82, 2.24) is 4.90 Å². The number of methoxy groups -OCH3 is 1. The maximum atomic E-state index is 11.5. The average Bonchev–Trinajstić information content (AvgIpc) is 2.61. The molecule has 14 heavy (non-hydrogen) atoms. The standard InChI is InChI=1S/C10H15NO2Si/c1-4-10(12)11-6-9(14-3)5-8(11)7-13-2/h3-4,8-9H,1,5-7H2,2H3/t8-,9?/m1/s1. The van der Waals surface area contributed by atoms with Crippen LogP contribution in [-0.4, -0.2) is 46.1 Å². The summed E-state index contributed by atoms with van der Waals surface area (Å²) < 4.78 is 5.08. The molecule has 0 aliphatic carbocycles. The quantitative estimate of drug-likeness (QED) is 0.500. The van der Waals surface area contributed by atoms with E-state index >= 15 is 0 Å². The first-order valence-corrected chi connectivity index (χ1v) is 5.76. The molecule has 1 heterocycles. The van der Waals surface area contributed by atoms with Crippen LogP contribution in [0.3, 0.4) is 0 Å². The number of carbonyl (C=O) groups excluding carboxylic acids is 1. The summed E-state index contributed by atoms with van der Waals surface area (Å²) >= 11 is 0. The number of ether oxygens (including phenoxy) is 1. The molecule has 1 rings (SSSR count). The summed E-state index contributed by atoms with van der Waals surface area (Å²) in [4.78, 5) is 13.3. The molecule has 0 aromatic heterocycles. The molecule has 1 amide bonds. The van der Waals surface area contributed by atoms with Gasteiger partial charge in [0.2, 0.25) is 5.91 Å². The number of hydrogen-bond acceptors (Lipinski definition) is 2. The van der Waals surface area contributed by atoms with Gasteiger partial charge in [-0.1, -0.05) is 6.58 Å². The average molecular weight is 209 g/mol. The van der Waals surface area contributed by atoms with Crippen molar-refractivity contribution in [2.45, 2.75) is 18.0 Å². The van der Waals surface area contributed by atoms with Gasteiger partial charge in [-0.15, -0.1) is 0 Å².